The third kappa shape index (κ3) is 2.89. The smallest absolute Gasteiger partial charge is 0.248 e. The van der Waals surface area contributed by atoms with Gasteiger partial charge in [-0.2, -0.15) is 0 Å². The molecule has 0 aromatic carbocycles. The summed E-state index contributed by atoms with van der Waals surface area (Å²) in [4.78, 5) is 0. The van der Waals surface area contributed by atoms with E-state index in [1.165, 1.54) is 0 Å². The van der Waals surface area contributed by atoms with Crippen molar-refractivity contribution >= 4 is 0 Å². The quantitative estimate of drug-likeness (QED) is 0.766. The van der Waals surface area contributed by atoms with Crippen LogP contribution in [0.5, 0.6) is 0 Å². The van der Waals surface area contributed by atoms with Gasteiger partial charge in [0.15, 0.2) is 0 Å². The molecule has 4 heteroatoms. The van der Waals surface area contributed by atoms with Gasteiger partial charge in [0.2, 0.25) is 5.92 Å². The van der Waals surface area contributed by atoms with Crippen LogP contribution in [0.25, 0.3) is 0 Å². The molecule has 0 saturated heterocycles. The fourth-order valence-electron chi connectivity index (χ4n) is 2.02. The molecule has 0 unspecified atom stereocenters. The largest absolute Gasteiger partial charge is 0.385 e. The zero-order chi connectivity index (χ0) is 10.7. The van der Waals surface area contributed by atoms with Crippen molar-refractivity contribution in [1.29, 1.82) is 0 Å². The molecule has 0 bridgehead atoms. The van der Waals surface area contributed by atoms with Crippen molar-refractivity contribution in [1.82, 2.24) is 0 Å². The molecule has 0 aromatic rings. The van der Waals surface area contributed by atoms with Gasteiger partial charge in [-0.1, -0.05) is 0 Å². The summed E-state index contributed by atoms with van der Waals surface area (Å²) in [6, 6.07) is 0. The lowest BCUT2D eigenvalue weighted by Crippen LogP contribution is -2.39. The van der Waals surface area contributed by atoms with Gasteiger partial charge in [0.25, 0.3) is 0 Å². The highest BCUT2D eigenvalue weighted by Gasteiger charge is 2.42. The van der Waals surface area contributed by atoms with Gasteiger partial charge in [0, 0.05) is 26.6 Å². The van der Waals surface area contributed by atoms with Crippen LogP contribution in [0.2, 0.25) is 0 Å². The minimum atomic E-state index is -2.47. The van der Waals surface area contributed by atoms with Gasteiger partial charge >= 0.3 is 0 Å². The second-order valence-corrected chi connectivity index (χ2v) is 4.30. The van der Waals surface area contributed by atoms with Crippen molar-refractivity contribution in [3.63, 3.8) is 0 Å². The van der Waals surface area contributed by atoms with Crippen LogP contribution in [0.3, 0.4) is 0 Å². The van der Waals surface area contributed by atoms with E-state index in [0.717, 1.165) is 6.42 Å². The van der Waals surface area contributed by atoms with E-state index in [2.05, 4.69) is 0 Å². The van der Waals surface area contributed by atoms with Crippen LogP contribution in [0.15, 0.2) is 0 Å². The lowest BCUT2D eigenvalue weighted by molar-refractivity contribution is -0.0701. The first kappa shape index (κ1) is 11.9. The number of methoxy groups -OCH3 is 1. The van der Waals surface area contributed by atoms with Crippen LogP contribution < -0.4 is 5.73 Å². The minimum Gasteiger partial charge on any atom is -0.385 e. The van der Waals surface area contributed by atoms with Crippen molar-refractivity contribution in [2.24, 2.45) is 11.1 Å². The number of alkyl halides is 2. The van der Waals surface area contributed by atoms with Gasteiger partial charge in [-0.05, 0) is 31.2 Å². The van der Waals surface area contributed by atoms with E-state index in [1.807, 2.05) is 0 Å². The highest BCUT2D eigenvalue weighted by molar-refractivity contribution is 4.89. The molecular formula is C10H19F2NO. The predicted molar refractivity (Wildman–Crippen MR) is 51.4 cm³/mol. The van der Waals surface area contributed by atoms with Crippen molar-refractivity contribution in [2.45, 2.75) is 38.0 Å². The summed E-state index contributed by atoms with van der Waals surface area (Å²) in [6.07, 6.45) is 1.82. The summed E-state index contributed by atoms with van der Waals surface area (Å²) >= 11 is 0. The zero-order valence-corrected chi connectivity index (χ0v) is 8.69. The molecule has 0 aliphatic heterocycles. The highest BCUT2D eigenvalue weighted by atomic mass is 19.3. The Kier molecular flexibility index (Phi) is 3.84. The molecule has 0 spiro atoms. The van der Waals surface area contributed by atoms with E-state index >= 15 is 0 Å². The molecule has 2 N–H and O–H groups in total. The molecule has 84 valence electrons. The van der Waals surface area contributed by atoms with Gasteiger partial charge in [-0.25, -0.2) is 8.78 Å². The molecule has 0 aromatic heterocycles. The Balaban J connectivity index is 2.48. The number of hydrogen-bond acceptors (Lipinski definition) is 2. The lowest BCUT2D eigenvalue weighted by atomic mass is 9.71. The molecule has 0 atom stereocenters. The standard InChI is InChI=1S/C10H19F2NO/c1-14-7-6-9(8-13)2-4-10(11,12)5-3-9/h2-8,13H2,1H3. The summed E-state index contributed by atoms with van der Waals surface area (Å²) < 4.78 is 30.8. The number of rotatable bonds is 4. The number of hydrogen-bond donors (Lipinski definition) is 1. The van der Waals surface area contributed by atoms with Crippen LogP contribution in [0.1, 0.15) is 32.1 Å². The SMILES string of the molecule is COCCC1(CN)CCC(F)(F)CC1. The first-order chi connectivity index (χ1) is 6.54. The summed E-state index contributed by atoms with van der Waals surface area (Å²) in [5, 5.41) is 0. The molecule has 1 aliphatic rings. The van der Waals surface area contributed by atoms with Crippen molar-refractivity contribution in [2.75, 3.05) is 20.3 Å². The highest BCUT2D eigenvalue weighted by Crippen LogP contribution is 2.44. The maximum atomic E-state index is 12.9. The summed E-state index contributed by atoms with van der Waals surface area (Å²) in [5.41, 5.74) is 5.57. The average molecular weight is 207 g/mol. The summed E-state index contributed by atoms with van der Waals surface area (Å²) in [6.45, 7) is 1.11. The van der Waals surface area contributed by atoms with Crippen molar-refractivity contribution < 1.29 is 13.5 Å². The molecule has 1 aliphatic carbocycles. The molecular weight excluding hydrogens is 188 g/mol. The van der Waals surface area contributed by atoms with Crippen LogP contribution >= 0.6 is 0 Å². The fourth-order valence-corrected chi connectivity index (χ4v) is 2.02. The third-order valence-corrected chi connectivity index (χ3v) is 3.31. The van der Waals surface area contributed by atoms with Crippen molar-refractivity contribution in [3.05, 3.63) is 0 Å². The third-order valence-electron chi connectivity index (χ3n) is 3.31. The van der Waals surface area contributed by atoms with E-state index in [1.54, 1.807) is 7.11 Å². The topological polar surface area (TPSA) is 35.2 Å². The van der Waals surface area contributed by atoms with Gasteiger partial charge in [-0.3, -0.25) is 0 Å². The Bertz CT molecular complexity index is 175. The Morgan fingerprint density at radius 3 is 2.21 bits per heavy atom. The van der Waals surface area contributed by atoms with Crippen LogP contribution in [0, 0.1) is 5.41 Å². The minimum absolute atomic E-state index is 0.0199. The number of halogens is 2. The second-order valence-electron chi connectivity index (χ2n) is 4.30. The van der Waals surface area contributed by atoms with Crippen LogP contribution in [-0.2, 0) is 4.74 Å². The fraction of sp³-hybridized carbons (Fsp3) is 1.00. The Morgan fingerprint density at radius 1 is 1.21 bits per heavy atom. The first-order valence-electron chi connectivity index (χ1n) is 5.10. The monoisotopic (exact) mass is 207 g/mol. The number of nitrogens with two attached hydrogens (primary N) is 1. The Labute approximate surface area is 83.8 Å². The zero-order valence-electron chi connectivity index (χ0n) is 8.69. The maximum Gasteiger partial charge on any atom is 0.248 e. The normalized spacial score (nSPS) is 24.9. The van der Waals surface area contributed by atoms with E-state index in [9.17, 15) is 8.78 Å². The maximum absolute atomic E-state index is 12.9. The van der Waals surface area contributed by atoms with E-state index in [0.29, 0.717) is 26.0 Å². The first-order valence-corrected chi connectivity index (χ1v) is 5.10. The lowest BCUT2D eigenvalue weighted by Gasteiger charge is -2.39. The van der Waals surface area contributed by atoms with Gasteiger partial charge in [-0.15, -0.1) is 0 Å². The van der Waals surface area contributed by atoms with Crippen molar-refractivity contribution in [3.8, 4) is 0 Å². The molecule has 1 rings (SSSR count). The molecule has 0 amide bonds. The predicted octanol–water partition coefficient (Wildman–Crippen LogP) is 2.18. The number of ether oxygens (including phenoxy) is 1. The molecule has 14 heavy (non-hydrogen) atoms. The Hall–Kier alpha value is -0.220. The van der Waals surface area contributed by atoms with Crippen LogP contribution in [0.4, 0.5) is 8.78 Å². The molecule has 0 heterocycles. The van der Waals surface area contributed by atoms with Gasteiger partial charge in [0.05, 0.1) is 0 Å². The van der Waals surface area contributed by atoms with Gasteiger partial charge < -0.3 is 10.5 Å². The molecule has 2 nitrogen and oxygen atoms in total. The average Bonchev–Trinajstić information content (AvgIpc) is 2.18. The summed E-state index contributed by atoms with van der Waals surface area (Å²) in [5.74, 6) is -2.47. The van der Waals surface area contributed by atoms with E-state index in [-0.39, 0.29) is 18.3 Å². The Morgan fingerprint density at radius 2 is 1.79 bits per heavy atom. The van der Waals surface area contributed by atoms with E-state index in [4.69, 9.17) is 10.5 Å². The van der Waals surface area contributed by atoms with Crippen LogP contribution in [-0.4, -0.2) is 26.2 Å². The van der Waals surface area contributed by atoms with E-state index < -0.39 is 5.92 Å². The summed E-state index contributed by atoms with van der Waals surface area (Å²) in [7, 11) is 1.63. The van der Waals surface area contributed by atoms with Gasteiger partial charge in [0.1, 0.15) is 0 Å². The molecule has 1 saturated carbocycles. The molecule has 1 fully saturated rings. The molecule has 0 radical (unpaired) electrons. The second kappa shape index (κ2) is 4.53.